The molecule has 0 fully saturated rings. The van der Waals surface area contributed by atoms with Crippen LogP contribution in [0.25, 0.3) is 0 Å². The maximum atomic E-state index is 11.4. The van der Waals surface area contributed by atoms with Gasteiger partial charge < -0.3 is 9.47 Å². The minimum atomic E-state index is -2.74. The SMILES string of the molecule is [2H]C([2H])([2H])Oc1cc(C(=O)OC)c([N+](=O)[O-])cc1Br. The Morgan fingerprint density at radius 3 is 2.81 bits per heavy atom. The number of carbonyl (C=O) groups is 1. The Morgan fingerprint density at radius 1 is 1.62 bits per heavy atom. The summed E-state index contributed by atoms with van der Waals surface area (Å²) in [5.41, 5.74) is -0.911. The molecule has 7 heteroatoms. The zero-order valence-corrected chi connectivity index (χ0v) is 9.61. The van der Waals surface area contributed by atoms with E-state index in [1.807, 2.05) is 0 Å². The third-order valence-corrected chi connectivity index (χ3v) is 2.38. The summed E-state index contributed by atoms with van der Waals surface area (Å²) in [5, 5.41) is 10.8. The highest BCUT2D eigenvalue weighted by molar-refractivity contribution is 9.10. The molecule has 0 saturated carbocycles. The third-order valence-electron chi connectivity index (χ3n) is 1.76. The molecule has 6 nitrogen and oxygen atoms in total. The molecule has 0 N–H and O–H groups in total. The monoisotopic (exact) mass is 292 g/mol. The zero-order chi connectivity index (χ0) is 14.8. The van der Waals surface area contributed by atoms with Gasteiger partial charge in [0.1, 0.15) is 11.3 Å². The lowest BCUT2D eigenvalue weighted by molar-refractivity contribution is -0.385. The van der Waals surface area contributed by atoms with Gasteiger partial charge in [0.05, 0.1) is 27.7 Å². The smallest absolute Gasteiger partial charge is 0.345 e. The molecular formula is C9H8BrNO5. The van der Waals surface area contributed by atoms with Crippen LogP contribution in [0.15, 0.2) is 16.6 Å². The number of esters is 1. The van der Waals surface area contributed by atoms with Crippen molar-refractivity contribution in [1.82, 2.24) is 0 Å². The van der Waals surface area contributed by atoms with Crippen molar-refractivity contribution in [2.75, 3.05) is 14.1 Å². The Bertz CT molecular complexity index is 531. The Morgan fingerprint density at radius 2 is 2.31 bits per heavy atom. The molecule has 0 aliphatic heterocycles. The van der Waals surface area contributed by atoms with E-state index >= 15 is 0 Å². The van der Waals surface area contributed by atoms with Crippen LogP contribution in [0.5, 0.6) is 5.75 Å². The van der Waals surface area contributed by atoms with Crippen molar-refractivity contribution in [2.24, 2.45) is 0 Å². The predicted molar refractivity (Wildman–Crippen MR) is 58.7 cm³/mol. The van der Waals surface area contributed by atoms with Crippen molar-refractivity contribution in [2.45, 2.75) is 0 Å². The number of carbonyl (C=O) groups excluding carboxylic acids is 1. The number of halogens is 1. The summed E-state index contributed by atoms with van der Waals surface area (Å²) in [6.07, 6.45) is 0. The number of hydrogen-bond donors (Lipinski definition) is 0. The van der Waals surface area contributed by atoms with Crippen LogP contribution < -0.4 is 4.74 Å². The molecule has 1 rings (SSSR count). The summed E-state index contributed by atoms with van der Waals surface area (Å²) in [6, 6.07) is 1.92. The highest BCUT2D eigenvalue weighted by Crippen LogP contribution is 2.32. The molecule has 0 aliphatic rings. The zero-order valence-electron chi connectivity index (χ0n) is 11.0. The average molecular weight is 293 g/mol. The van der Waals surface area contributed by atoms with E-state index in [1.54, 1.807) is 0 Å². The summed E-state index contributed by atoms with van der Waals surface area (Å²) in [5.74, 6) is -1.18. The van der Waals surface area contributed by atoms with Gasteiger partial charge in [-0.25, -0.2) is 4.79 Å². The largest absolute Gasteiger partial charge is 0.496 e. The number of ether oxygens (including phenoxy) is 2. The van der Waals surface area contributed by atoms with E-state index < -0.39 is 29.2 Å². The van der Waals surface area contributed by atoms with Crippen molar-refractivity contribution >= 4 is 27.6 Å². The molecule has 0 amide bonds. The topological polar surface area (TPSA) is 78.7 Å². The summed E-state index contributed by atoms with van der Waals surface area (Å²) in [4.78, 5) is 21.5. The quantitative estimate of drug-likeness (QED) is 0.484. The fourth-order valence-corrected chi connectivity index (χ4v) is 1.46. The van der Waals surface area contributed by atoms with E-state index in [0.29, 0.717) is 0 Å². The molecule has 0 aromatic heterocycles. The lowest BCUT2D eigenvalue weighted by Crippen LogP contribution is -2.06. The molecule has 0 atom stereocenters. The van der Waals surface area contributed by atoms with E-state index in [-0.39, 0.29) is 10.2 Å². The van der Waals surface area contributed by atoms with Gasteiger partial charge in [-0.1, -0.05) is 0 Å². The highest BCUT2D eigenvalue weighted by Gasteiger charge is 2.23. The number of nitro benzene ring substituents is 1. The summed E-state index contributed by atoms with van der Waals surface area (Å²) >= 11 is 2.94. The Labute approximate surface area is 104 Å². The van der Waals surface area contributed by atoms with Crippen LogP contribution in [0.2, 0.25) is 0 Å². The fraction of sp³-hybridized carbons (Fsp3) is 0.222. The first-order valence-corrected chi connectivity index (χ1v) is 4.70. The van der Waals surface area contributed by atoms with Crippen molar-refractivity contribution in [1.29, 1.82) is 0 Å². The predicted octanol–water partition coefficient (Wildman–Crippen LogP) is 2.15. The second kappa shape index (κ2) is 4.93. The molecule has 0 aliphatic carbocycles. The van der Waals surface area contributed by atoms with E-state index in [9.17, 15) is 14.9 Å². The van der Waals surface area contributed by atoms with Crippen LogP contribution in [-0.2, 0) is 4.74 Å². The van der Waals surface area contributed by atoms with Crippen molar-refractivity contribution in [3.05, 3.63) is 32.3 Å². The Kier molecular flexibility index (Phi) is 2.62. The van der Waals surface area contributed by atoms with Crippen LogP contribution in [-0.4, -0.2) is 25.0 Å². The molecule has 86 valence electrons. The maximum Gasteiger partial charge on any atom is 0.345 e. The Hall–Kier alpha value is -1.63. The summed E-state index contributed by atoms with van der Waals surface area (Å²) < 4.78 is 30.0. The third kappa shape index (κ3) is 2.30. The standard InChI is InChI=1S/C9H8BrNO5/c1-15-8-3-5(9(12)16-2)7(11(13)14)4-6(8)10/h3-4H,1-2H3/i1D3. The second-order valence-electron chi connectivity index (χ2n) is 2.65. The van der Waals surface area contributed by atoms with Crippen LogP contribution >= 0.6 is 15.9 Å². The van der Waals surface area contributed by atoms with Crippen molar-refractivity contribution in [3.63, 3.8) is 0 Å². The lowest BCUT2D eigenvalue weighted by atomic mass is 10.1. The van der Waals surface area contributed by atoms with E-state index in [0.717, 1.165) is 19.2 Å². The van der Waals surface area contributed by atoms with E-state index in [1.165, 1.54) is 0 Å². The summed E-state index contributed by atoms with van der Waals surface area (Å²) in [6.45, 7) is 0. The molecule has 16 heavy (non-hydrogen) atoms. The molecule has 1 aromatic carbocycles. The number of nitro groups is 1. The van der Waals surface area contributed by atoms with Crippen molar-refractivity contribution < 1.29 is 23.3 Å². The van der Waals surface area contributed by atoms with Crippen LogP contribution in [0, 0.1) is 10.1 Å². The highest BCUT2D eigenvalue weighted by atomic mass is 79.9. The molecule has 0 radical (unpaired) electrons. The number of hydrogen-bond acceptors (Lipinski definition) is 5. The van der Waals surface area contributed by atoms with Gasteiger partial charge in [-0.05, 0) is 15.9 Å². The molecule has 0 heterocycles. The maximum absolute atomic E-state index is 11.4. The van der Waals surface area contributed by atoms with Crippen molar-refractivity contribution in [3.8, 4) is 5.75 Å². The van der Waals surface area contributed by atoms with Crippen LogP contribution in [0.3, 0.4) is 0 Å². The van der Waals surface area contributed by atoms with Gasteiger partial charge in [0.2, 0.25) is 0 Å². The van der Waals surface area contributed by atoms with Gasteiger partial charge in [-0.3, -0.25) is 10.1 Å². The first-order valence-electron chi connectivity index (χ1n) is 5.41. The number of rotatable bonds is 3. The fourth-order valence-electron chi connectivity index (χ4n) is 1.05. The number of methoxy groups -OCH3 is 2. The van der Waals surface area contributed by atoms with Gasteiger partial charge in [0.15, 0.2) is 0 Å². The van der Waals surface area contributed by atoms with Gasteiger partial charge in [-0.15, -0.1) is 0 Å². The molecule has 0 spiro atoms. The first-order chi connectivity index (χ1) is 8.65. The van der Waals surface area contributed by atoms with E-state index in [2.05, 4.69) is 25.4 Å². The molecule has 0 saturated heterocycles. The van der Waals surface area contributed by atoms with Crippen LogP contribution in [0.4, 0.5) is 5.69 Å². The molecule has 1 aromatic rings. The minimum absolute atomic E-state index is 0.0444. The second-order valence-corrected chi connectivity index (χ2v) is 3.50. The van der Waals surface area contributed by atoms with Crippen LogP contribution in [0.1, 0.15) is 14.5 Å². The molecular weight excluding hydrogens is 282 g/mol. The molecule has 0 unspecified atom stereocenters. The lowest BCUT2D eigenvalue weighted by Gasteiger charge is -2.06. The number of benzene rings is 1. The first kappa shape index (κ1) is 8.51. The normalized spacial score (nSPS) is 13.2. The van der Waals surface area contributed by atoms with E-state index in [4.69, 9.17) is 4.11 Å². The number of nitrogens with zero attached hydrogens (tertiary/aromatic N) is 1. The van der Waals surface area contributed by atoms with Gasteiger partial charge >= 0.3 is 5.97 Å². The summed E-state index contributed by atoms with van der Waals surface area (Å²) in [7, 11) is -1.69. The minimum Gasteiger partial charge on any atom is -0.496 e. The molecule has 0 bridgehead atoms. The van der Waals surface area contributed by atoms with Gasteiger partial charge in [0.25, 0.3) is 5.69 Å². The van der Waals surface area contributed by atoms with Gasteiger partial charge in [0, 0.05) is 12.1 Å². The average Bonchev–Trinajstić information content (AvgIpc) is 2.28. The Balaban J connectivity index is 3.38. The van der Waals surface area contributed by atoms with Gasteiger partial charge in [-0.2, -0.15) is 0 Å².